The van der Waals surface area contributed by atoms with E-state index < -0.39 is 0 Å². The molecule has 1 atom stereocenters. The molecule has 86 valence electrons. The van der Waals surface area contributed by atoms with Gasteiger partial charge >= 0.3 is 0 Å². The van der Waals surface area contributed by atoms with Gasteiger partial charge in [0.25, 0.3) is 0 Å². The average molecular weight is 220 g/mol. The Labute approximate surface area is 94.7 Å². The number of amides is 1. The Kier molecular flexibility index (Phi) is 3.10. The lowest BCUT2D eigenvalue weighted by molar-refractivity contribution is -0.119. The number of rotatable bonds is 3. The van der Waals surface area contributed by atoms with E-state index in [2.05, 4.69) is 0 Å². The molecule has 4 nitrogen and oxygen atoms in total. The molecular weight excluding hydrogens is 204 g/mol. The monoisotopic (exact) mass is 220 g/mol. The van der Waals surface area contributed by atoms with Gasteiger partial charge in [0.15, 0.2) is 0 Å². The number of carbonyl (C=O) groups is 1. The predicted octanol–water partition coefficient (Wildman–Crippen LogP) is 0.633. The van der Waals surface area contributed by atoms with Gasteiger partial charge < -0.3 is 15.7 Å². The molecule has 1 unspecified atom stereocenters. The first kappa shape index (κ1) is 11.0. The maximum atomic E-state index is 11.2. The second-order valence-corrected chi connectivity index (χ2v) is 4.08. The van der Waals surface area contributed by atoms with Crippen LogP contribution in [-0.2, 0) is 11.4 Å². The van der Waals surface area contributed by atoms with Crippen LogP contribution in [0.15, 0.2) is 24.3 Å². The zero-order valence-corrected chi connectivity index (χ0v) is 9.10. The van der Waals surface area contributed by atoms with E-state index in [1.165, 1.54) is 0 Å². The highest BCUT2D eigenvalue weighted by Gasteiger charge is 2.28. The van der Waals surface area contributed by atoms with Gasteiger partial charge in [-0.15, -0.1) is 0 Å². The Bertz CT molecular complexity index is 375. The van der Waals surface area contributed by atoms with Crippen molar-refractivity contribution in [3.05, 3.63) is 29.8 Å². The number of hydrogen-bond acceptors (Lipinski definition) is 3. The van der Waals surface area contributed by atoms with Gasteiger partial charge in [-0.2, -0.15) is 0 Å². The molecule has 1 aromatic rings. The Morgan fingerprint density at radius 1 is 1.44 bits per heavy atom. The number of carbonyl (C=O) groups excluding carboxylic acids is 1. The van der Waals surface area contributed by atoms with Crippen LogP contribution in [0.1, 0.15) is 18.4 Å². The molecule has 1 aromatic carbocycles. The maximum absolute atomic E-state index is 11.2. The van der Waals surface area contributed by atoms with Gasteiger partial charge in [-0.1, -0.05) is 12.1 Å². The van der Waals surface area contributed by atoms with E-state index in [1.54, 1.807) is 0 Å². The third kappa shape index (κ3) is 2.02. The minimum Gasteiger partial charge on any atom is -0.392 e. The fourth-order valence-corrected chi connectivity index (χ4v) is 2.16. The molecule has 0 saturated carbocycles. The summed E-state index contributed by atoms with van der Waals surface area (Å²) in [6, 6.07) is 7.40. The molecular formula is C12H16N2O2. The van der Waals surface area contributed by atoms with Gasteiger partial charge in [-0.3, -0.25) is 4.79 Å². The minimum absolute atomic E-state index is 0.0412. The summed E-state index contributed by atoms with van der Waals surface area (Å²) in [6.45, 7) is 0.908. The lowest BCUT2D eigenvalue weighted by Gasteiger charge is -2.24. The number of aliphatic hydroxyl groups is 1. The van der Waals surface area contributed by atoms with Crippen LogP contribution in [0.4, 0.5) is 5.69 Å². The van der Waals surface area contributed by atoms with Crippen molar-refractivity contribution in [2.24, 2.45) is 5.73 Å². The summed E-state index contributed by atoms with van der Waals surface area (Å²) in [4.78, 5) is 13.3. The Hall–Kier alpha value is -1.55. The molecule has 4 heteroatoms. The lowest BCUT2D eigenvalue weighted by atomic mass is 10.1. The molecule has 1 heterocycles. The van der Waals surface area contributed by atoms with E-state index in [0.717, 1.165) is 30.6 Å². The van der Waals surface area contributed by atoms with Gasteiger partial charge in [-0.05, 0) is 30.5 Å². The first-order chi connectivity index (χ1) is 7.72. The highest BCUT2D eigenvalue weighted by Crippen LogP contribution is 2.25. The number of nitrogens with zero attached hydrogens (tertiary/aromatic N) is 1. The second-order valence-electron chi connectivity index (χ2n) is 4.08. The molecule has 16 heavy (non-hydrogen) atoms. The molecule has 3 N–H and O–H groups in total. The van der Waals surface area contributed by atoms with Crippen molar-refractivity contribution < 1.29 is 9.90 Å². The van der Waals surface area contributed by atoms with E-state index >= 15 is 0 Å². The SMILES string of the molecule is NC(=O)C1CCCN1c1ccc(CO)cc1. The number of nitrogens with two attached hydrogens (primary N) is 1. The molecule has 0 aromatic heterocycles. The lowest BCUT2D eigenvalue weighted by Crippen LogP contribution is -2.40. The van der Waals surface area contributed by atoms with Crippen LogP contribution in [0, 0.1) is 0 Å². The molecule has 1 saturated heterocycles. The van der Waals surface area contributed by atoms with Crippen LogP contribution in [0.5, 0.6) is 0 Å². The first-order valence-corrected chi connectivity index (χ1v) is 5.48. The number of anilines is 1. The summed E-state index contributed by atoms with van der Waals surface area (Å²) >= 11 is 0. The van der Waals surface area contributed by atoms with E-state index in [4.69, 9.17) is 10.8 Å². The molecule has 0 aliphatic carbocycles. The quantitative estimate of drug-likeness (QED) is 0.785. The number of hydrogen-bond donors (Lipinski definition) is 2. The normalized spacial score (nSPS) is 20.1. The highest BCUT2D eigenvalue weighted by molar-refractivity contribution is 5.84. The summed E-state index contributed by atoms with van der Waals surface area (Å²) in [7, 11) is 0. The van der Waals surface area contributed by atoms with E-state index in [-0.39, 0.29) is 18.6 Å². The zero-order chi connectivity index (χ0) is 11.5. The molecule has 1 fully saturated rings. The fourth-order valence-electron chi connectivity index (χ4n) is 2.16. The van der Waals surface area contributed by atoms with E-state index in [0.29, 0.717) is 0 Å². The summed E-state index contributed by atoms with van der Waals surface area (Å²) in [5, 5.41) is 8.95. The predicted molar refractivity (Wildman–Crippen MR) is 61.9 cm³/mol. The molecule has 0 spiro atoms. The molecule has 0 radical (unpaired) electrons. The topological polar surface area (TPSA) is 66.6 Å². The third-order valence-corrected chi connectivity index (χ3v) is 3.03. The van der Waals surface area contributed by atoms with Gasteiger partial charge in [-0.25, -0.2) is 0 Å². The standard InChI is InChI=1S/C12H16N2O2/c13-12(16)11-2-1-7-14(11)10-5-3-9(8-15)4-6-10/h3-6,11,15H,1-2,7-8H2,(H2,13,16). The molecule has 1 amide bonds. The summed E-state index contributed by atoms with van der Waals surface area (Å²) < 4.78 is 0. The molecule has 1 aliphatic heterocycles. The average Bonchev–Trinajstić information content (AvgIpc) is 2.78. The van der Waals surface area contributed by atoms with Crippen molar-refractivity contribution in [3.8, 4) is 0 Å². The first-order valence-electron chi connectivity index (χ1n) is 5.48. The Morgan fingerprint density at radius 2 is 2.12 bits per heavy atom. The second kappa shape index (κ2) is 4.53. The number of primary amides is 1. The molecule has 1 aliphatic rings. The maximum Gasteiger partial charge on any atom is 0.240 e. The van der Waals surface area contributed by atoms with Crippen molar-refractivity contribution in [2.45, 2.75) is 25.5 Å². The third-order valence-electron chi connectivity index (χ3n) is 3.03. The van der Waals surface area contributed by atoms with Crippen molar-refractivity contribution in [2.75, 3.05) is 11.4 Å². The summed E-state index contributed by atoms with van der Waals surface area (Å²) in [5.74, 6) is -0.260. The van der Waals surface area contributed by atoms with Crippen LogP contribution in [0.3, 0.4) is 0 Å². The van der Waals surface area contributed by atoms with Crippen molar-refractivity contribution in [1.29, 1.82) is 0 Å². The van der Waals surface area contributed by atoms with Crippen molar-refractivity contribution in [1.82, 2.24) is 0 Å². The van der Waals surface area contributed by atoms with Crippen molar-refractivity contribution in [3.63, 3.8) is 0 Å². The van der Waals surface area contributed by atoms with Crippen LogP contribution < -0.4 is 10.6 Å². The largest absolute Gasteiger partial charge is 0.392 e. The molecule has 0 bridgehead atoms. The van der Waals surface area contributed by atoms with Crippen LogP contribution in [-0.4, -0.2) is 23.6 Å². The Balaban J connectivity index is 2.19. The van der Waals surface area contributed by atoms with Gasteiger partial charge in [0.1, 0.15) is 6.04 Å². The van der Waals surface area contributed by atoms with Crippen LogP contribution in [0.2, 0.25) is 0 Å². The zero-order valence-electron chi connectivity index (χ0n) is 9.10. The highest BCUT2D eigenvalue weighted by atomic mass is 16.3. The fraction of sp³-hybridized carbons (Fsp3) is 0.417. The Morgan fingerprint density at radius 3 is 2.69 bits per heavy atom. The van der Waals surface area contributed by atoms with Crippen molar-refractivity contribution >= 4 is 11.6 Å². The summed E-state index contributed by atoms with van der Waals surface area (Å²) in [6.07, 6.45) is 1.83. The van der Waals surface area contributed by atoms with Crippen LogP contribution in [0.25, 0.3) is 0 Å². The van der Waals surface area contributed by atoms with Gasteiger partial charge in [0.05, 0.1) is 6.61 Å². The molecule has 2 rings (SSSR count). The summed E-state index contributed by atoms with van der Waals surface area (Å²) in [5.41, 5.74) is 7.23. The smallest absolute Gasteiger partial charge is 0.240 e. The van der Waals surface area contributed by atoms with E-state index in [1.807, 2.05) is 29.2 Å². The van der Waals surface area contributed by atoms with E-state index in [9.17, 15) is 4.79 Å². The van der Waals surface area contributed by atoms with Crippen LogP contribution >= 0.6 is 0 Å². The minimum atomic E-state index is -0.260. The van der Waals surface area contributed by atoms with Gasteiger partial charge in [0, 0.05) is 12.2 Å². The number of benzene rings is 1. The number of aliphatic hydroxyl groups excluding tert-OH is 1. The van der Waals surface area contributed by atoms with Gasteiger partial charge in [0.2, 0.25) is 5.91 Å².